The molecule has 0 spiro atoms. The lowest BCUT2D eigenvalue weighted by Crippen LogP contribution is -2.50. The molecule has 9 heteroatoms. The summed E-state index contributed by atoms with van der Waals surface area (Å²) in [6, 6.07) is 8.93. The van der Waals surface area contributed by atoms with Gasteiger partial charge in [0.15, 0.2) is 0 Å². The van der Waals surface area contributed by atoms with Crippen LogP contribution in [-0.2, 0) is 17.8 Å². The third-order valence-corrected chi connectivity index (χ3v) is 6.42. The largest absolute Gasteiger partial charge is 0.390 e. The van der Waals surface area contributed by atoms with Crippen molar-refractivity contribution in [1.82, 2.24) is 15.5 Å². The van der Waals surface area contributed by atoms with Gasteiger partial charge in [-0.3, -0.25) is 14.5 Å². The number of hydrogen-bond acceptors (Lipinski definition) is 5. The molecular weight excluding hydrogens is 480 g/mol. The highest BCUT2D eigenvalue weighted by Gasteiger charge is 2.30. The SMILES string of the molecule is CC(C)CNC(=O)C[C@@H](O)[C@H](O)[C@H](Cc1cc(F)cc(F)c1)NC(=O)c1ccc(CN2CCCC2)cc1. The number of amides is 2. The number of nitrogens with zero attached hydrogens (tertiary/aromatic N) is 1. The molecule has 2 amide bonds. The van der Waals surface area contributed by atoms with Gasteiger partial charge in [-0.15, -0.1) is 0 Å². The fourth-order valence-corrected chi connectivity index (χ4v) is 4.42. The van der Waals surface area contributed by atoms with E-state index >= 15 is 0 Å². The van der Waals surface area contributed by atoms with Crippen LogP contribution in [0.4, 0.5) is 8.78 Å². The summed E-state index contributed by atoms with van der Waals surface area (Å²) >= 11 is 0. The highest BCUT2D eigenvalue weighted by Crippen LogP contribution is 2.17. The van der Waals surface area contributed by atoms with Crippen molar-refractivity contribution < 1.29 is 28.6 Å². The predicted octanol–water partition coefficient (Wildman–Crippen LogP) is 2.79. The van der Waals surface area contributed by atoms with E-state index < -0.39 is 41.7 Å². The van der Waals surface area contributed by atoms with Crippen LogP contribution in [-0.4, -0.2) is 64.8 Å². The lowest BCUT2D eigenvalue weighted by atomic mass is 9.95. The molecular formula is C28H37F2N3O4. The summed E-state index contributed by atoms with van der Waals surface area (Å²) < 4.78 is 27.6. The number of carbonyl (C=O) groups excluding carboxylic acids is 2. The molecule has 2 aromatic rings. The van der Waals surface area contributed by atoms with Gasteiger partial charge in [-0.2, -0.15) is 0 Å². The maximum atomic E-state index is 13.8. The van der Waals surface area contributed by atoms with Gasteiger partial charge < -0.3 is 20.8 Å². The topological polar surface area (TPSA) is 102 Å². The van der Waals surface area contributed by atoms with E-state index in [9.17, 15) is 28.6 Å². The molecule has 7 nitrogen and oxygen atoms in total. The van der Waals surface area contributed by atoms with Gasteiger partial charge in [0, 0.05) is 24.7 Å². The van der Waals surface area contributed by atoms with Gasteiger partial charge in [0.05, 0.1) is 18.6 Å². The second-order valence-corrected chi connectivity index (χ2v) is 10.2. The Balaban J connectivity index is 1.71. The Morgan fingerprint density at radius 2 is 1.59 bits per heavy atom. The van der Waals surface area contributed by atoms with Gasteiger partial charge in [-0.25, -0.2) is 8.78 Å². The number of halogens is 2. The van der Waals surface area contributed by atoms with Crippen LogP contribution in [0.3, 0.4) is 0 Å². The number of nitrogens with one attached hydrogen (secondary N) is 2. The van der Waals surface area contributed by atoms with E-state index in [1.54, 1.807) is 12.1 Å². The molecule has 202 valence electrons. The van der Waals surface area contributed by atoms with E-state index in [1.807, 2.05) is 26.0 Å². The zero-order chi connectivity index (χ0) is 26.9. The Labute approximate surface area is 216 Å². The molecule has 1 aliphatic heterocycles. The molecule has 1 heterocycles. The van der Waals surface area contributed by atoms with Crippen molar-refractivity contribution >= 4 is 11.8 Å². The molecule has 0 radical (unpaired) electrons. The molecule has 1 fully saturated rings. The monoisotopic (exact) mass is 517 g/mol. The van der Waals surface area contributed by atoms with E-state index in [4.69, 9.17) is 0 Å². The Morgan fingerprint density at radius 1 is 0.973 bits per heavy atom. The van der Waals surface area contributed by atoms with Gasteiger partial charge >= 0.3 is 0 Å². The third-order valence-electron chi connectivity index (χ3n) is 6.42. The van der Waals surface area contributed by atoms with E-state index in [1.165, 1.54) is 12.8 Å². The average molecular weight is 518 g/mol. The van der Waals surface area contributed by atoms with Gasteiger partial charge in [-0.1, -0.05) is 26.0 Å². The zero-order valence-electron chi connectivity index (χ0n) is 21.4. The second-order valence-electron chi connectivity index (χ2n) is 10.2. The van der Waals surface area contributed by atoms with Gasteiger partial charge in [-0.05, 0) is 73.7 Å². The molecule has 0 saturated carbocycles. The maximum Gasteiger partial charge on any atom is 0.251 e. The van der Waals surface area contributed by atoms with Crippen LogP contribution in [0.1, 0.15) is 54.6 Å². The average Bonchev–Trinajstić information content (AvgIpc) is 3.34. The first kappa shape index (κ1) is 28.7. The molecule has 1 saturated heterocycles. The van der Waals surface area contributed by atoms with Crippen molar-refractivity contribution in [2.75, 3.05) is 19.6 Å². The van der Waals surface area contributed by atoms with Crippen LogP contribution in [0.5, 0.6) is 0 Å². The quantitative estimate of drug-likeness (QED) is 0.347. The molecule has 1 aliphatic rings. The molecule has 4 N–H and O–H groups in total. The molecule has 3 rings (SSSR count). The third kappa shape index (κ3) is 9.18. The standard InChI is InChI=1S/C28H37F2N3O4/c1-18(2)16-31-26(35)15-25(34)27(36)24(13-20-11-22(29)14-23(30)12-20)32-28(37)21-7-5-19(6-8-21)17-33-9-3-4-10-33/h5-8,11-12,14,18,24-25,27,34,36H,3-4,9-10,13,15-17H2,1-2H3,(H,31,35)(H,32,37)/t24-,25+,27+/m0/s1. The molecule has 3 atom stereocenters. The number of hydrogen-bond donors (Lipinski definition) is 4. The minimum absolute atomic E-state index is 0.153. The van der Waals surface area contributed by atoms with Gasteiger partial charge in [0.25, 0.3) is 5.91 Å². The lowest BCUT2D eigenvalue weighted by molar-refractivity contribution is -0.125. The summed E-state index contributed by atoms with van der Waals surface area (Å²) in [5.74, 6) is -2.34. The van der Waals surface area contributed by atoms with Crippen molar-refractivity contribution in [3.63, 3.8) is 0 Å². The Hall–Kier alpha value is -2.88. The van der Waals surface area contributed by atoms with E-state index in [-0.39, 0.29) is 24.3 Å². The number of likely N-dealkylation sites (tertiary alicyclic amines) is 1. The Kier molecular flexibility index (Phi) is 10.5. The Bertz CT molecular complexity index is 1020. The second kappa shape index (κ2) is 13.6. The molecule has 2 aromatic carbocycles. The van der Waals surface area contributed by atoms with E-state index in [0.717, 1.165) is 43.4 Å². The van der Waals surface area contributed by atoms with Crippen molar-refractivity contribution in [3.8, 4) is 0 Å². The van der Waals surface area contributed by atoms with Crippen LogP contribution in [0.2, 0.25) is 0 Å². The molecule has 37 heavy (non-hydrogen) atoms. The van der Waals surface area contributed by atoms with E-state index in [2.05, 4.69) is 15.5 Å². The first-order chi connectivity index (χ1) is 17.6. The van der Waals surface area contributed by atoms with Crippen LogP contribution in [0.25, 0.3) is 0 Å². The van der Waals surface area contributed by atoms with Crippen LogP contribution < -0.4 is 10.6 Å². The molecule has 0 aromatic heterocycles. The lowest BCUT2D eigenvalue weighted by Gasteiger charge is -2.28. The number of aliphatic hydroxyl groups is 2. The first-order valence-electron chi connectivity index (χ1n) is 12.8. The van der Waals surface area contributed by atoms with Crippen LogP contribution in [0, 0.1) is 17.6 Å². The number of rotatable bonds is 12. The summed E-state index contributed by atoms with van der Waals surface area (Å²) in [7, 11) is 0. The van der Waals surface area contributed by atoms with Crippen molar-refractivity contribution in [2.24, 2.45) is 5.92 Å². The predicted molar refractivity (Wildman–Crippen MR) is 137 cm³/mol. The Morgan fingerprint density at radius 3 is 2.19 bits per heavy atom. The minimum atomic E-state index is -1.56. The molecule has 0 unspecified atom stereocenters. The number of carbonyl (C=O) groups is 2. The number of benzene rings is 2. The smallest absolute Gasteiger partial charge is 0.251 e. The maximum absolute atomic E-state index is 13.8. The fraction of sp³-hybridized carbons (Fsp3) is 0.500. The number of aliphatic hydroxyl groups excluding tert-OH is 2. The van der Waals surface area contributed by atoms with Crippen molar-refractivity contribution in [3.05, 3.63) is 70.8 Å². The molecule has 0 aliphatic carbocycles. The summed E-state index contributed by atoms with van der Waals surface area (Å²) in [4.78, 5) is 27.5. The first-order valence-corrected chi connectivity index (χ1v) is 12.8. The van der Waals surface area contributed by atoms with Crippen molar-refractivity contribution in [2.45, 2.75) is 64.3 Å². The van der Waals surface area contributed by atoms with Crippen molar-refractivity contribution in [1.29, 1.82) is 0 Å². The highest BCUT2D eigenvalue weighted by molar-refractivity contribution is 5.94. The van der Waals surface area contributed by atoms with E-state index in [0.29, 0.717) is 12.1 Å². The summed E-state index contributed by atoms with van der Waals surface area (Å²) in [6.07, 6.45) is -1.23. The zero-order valence-corrected chi connectivity index (χ0v) is 21.4. The van der Waals surface area contributed by atoms with Crippen LogP contribution >= 0.6 is 0 Å². The van der Waals surface area contributed by atoms with Gasteiger partial charge in [0.2, 0.25) is 5.91 Å². The molecule has 0 bridgehead atoms. The summed E-state index contributed by atoms with van der Waals surface area (Å²) in [6.45, 7) is 7.18. The highest BCUT2D eigenvalue weighted by atomic mass is 19.1. The van der Waals surface area contributed by atoms with Crippen LogP contribution in [0.15, 0.2) is 42.5 Å². The summed E-state index contributed by atoms with van der Waals surface area (Å²) in [5.41, 5.74) is 1.62. The minimum Gasteiger partial charge on any atom is -0.390 e. The fourth-order valence-electron chi connectivity index (χ4n) is 4.42. The summed E-state index contributed by atoms with van der Waals surface area (Å²) in [5, 5.41) is 26.8. The normalized spacial score (nSPS) is 16.4. The van der Waals surface area contributed by atoms with Gasteiger partial charge in [0.1, 0.15) is 17.7 Å².